The predicted octanol–water partition coefficient (Wildman–Crippen LogP) is 0.711. The summed E-state index contributed by atoms with van der Waals surface area (Å²) < 4.78 is 5.57. The Balaban J connectivity index is 1.52. The van der Waals surface area contributed by atoms with Crippen molar-refractivity contribution >= 4 is 28.5 Å². The number of aromatic nitrogens is 3. The molecule has 4 heterocycles. The van der Waals surface area contributed by atoms with Crippen molar-refractivity contribution in [3.63, 3.8) is 0 Å². The summed E-state index contributed by atoms with van der Waals surface area (Å²) in [4.78, 5) is 38.3. The molecule has 3 amide bonds. The largest absolute Gasteiger partial charge is 0.354 e. The molecule has 0 radical (unpaired) electrons. The highest BCUT2D eigenvalue weighted by atomic mass is 32.1. The van der Waals surface area contributed by atoms with Gasteiger partial charge in [-0.2, -0.15) is 0 Å². The van der Waals surface area contributed by atoms with Gasteiger partial charge < -0.3 is 14.8 Å². The van der Waals surface area contributed by atoms with Crippen LogP contribution in [0.5, 0.6) is 0 Å². The maximum atomic E-state index is 12.7. The van der Waals surface area contributed by atoms with Crippen molar-refractivity contribution in [3.8, 4) is 0 Å². The minimum Gasteiger partial charge on any atom is -0.354 e. The first-order valence-electron chi connectivity index (χ1n) is 8.37. The van der Waals surface area contributed by atoms with Gasteiger partial charge in [0.15, 0.2) is 10.7 Å². The van der Waals surface area contributed by atoms with Gasteiger partial charge in [0.25, 0.3) is 11.5 Å². The van der Waals surface area contributed by atoms with Gasteiger partial charge in [-0.25, -0.2) is 4.79 Å². The third-order valence-electron chi connectivity index (χ3n) is 4.92. The third kappa shape index (κ3) is 2.85. The molecule has 2 aliphatic heterocycles. The van der Waals surface area contributed by atoms with E-state index in [2.05, 4.69) is 20.2 Å². The highest BCUT2D eigenvalue weighted by Crippen LogP contribution is 2.35. The Morgan fingerprint density at radius 2 is 2.12 bits per heavy atom. The lowest BCUT2D eigenvalue weighted by atomic mass is 9.83. The number of urea groups is 1. The van der Waals surface area contributed by atoms with Crippen LogP contribution in [-0.2, 0) is 6.54 Å². The highest BCUT2D eigenvalue weighted by molar-refractivity contribution is 7.10. The van der Waals surface area contributed by atoms with Gasteiger partial charge in [-0.3, -0.25) is 14.9 Å². The monoisotopic (exact) mass is 374 g/mol. The van der Waals surface area contributed by atoms with Crippen LogP contribution in [0, 0.1) is 5.92 Å². The number of nitrogens with zero attached hydrogens (tertiary/aromatic N) is 4. The second kappa shape index (κ2) is 6.52. The zero-order chi connectivity index (χ0) is 18.3. The second-order valence-electron chi connectivity index (χ2n) is 6.56. The van der Waals surface area contributed by atoms with E-state index in [0.29, 0.717) is 24.6 Å². The van der Waals surface area contributed by atoms with Crippen LogP contribution in [0.25, 0.3) is 0 Å². The van der Waals surface area contributed by atoms with E-state index in [4.69, 9.17) is 0 Å². The van der Waals surface area contributed by atoms with Crippen LogP contribution in [-0.4, -0.2) is 51.1 Å². The summed E-state index contributed by atoms with van der Waals surface area (Å²) in [7, 11) is 1.50. The van der Waals surface area contributed by atoms with Crippen molar-refractivity contribution in [3.05, 3.63) is 39.9 Å². The van der Waals surface area contributed by atoms with Gasteiger partial charge in [-0.1, -0.05) is 10.6 Å². The maximum Gasteiger partial charge on any atom is 0.322 e. The maximum absolute atomic E-state index is 12.7. The molecule has 9 nitrogen and oxygen atoms in total. The Morgan fingerprint density at radius 3 is 2.92 bits per heavy atom. The molecule has 2 atom stereocenters. The number of hydrogen-bond donors (Lipinski definition) is 2. The number of pyridine rings is 1. The van der Waals surface area contributed by atoms with E-state index in [1.54, 1.807) is 17.0 Å². The molecular weight excluding hydrogens is 356 g/mol. The van der Waals surface area contributed by atoms with Crippen molar-refractivity contribution in [2.75, 3.05) is 25.5 Å². The molecular formula is C16H18N6O3S. The van der Waals surface area contributed by atoms with Crippen molar-refractivity contribution in [2.24, 2.45) is 5.92 Å². The van der Waals surface area contributed by atoms with Gasteiger partial charge in [-0.05, 0) is 18.4 Å². The zero-order valence-electron chi connectivity index (χ0n) is 14.1. The molecule has 2 N–H and O–H groups in total. The number of anilines is 1. The van der Waals surface area contributed by atoms with Gasteiger partial charge >= 0.3 is 6.03 Å². The fourth-order valence-corrected chi connectivity index (χ4v) is 4.34. The number of amides is 3. The van der Waals surface area contributed by atoms with Crippen LogP contribution >= 0.6 is 11.5 Å². The molecule has 136 valence electrons. The van der Waals surface area contributed by atoms with Crippen LogP contribution < -0.4 is 16.2 Å². The fourth-order valence-electron chi connectivity index (χ4n) is 3.78. The number of fused-ring (bicyclic) bond motifs is 4. The average molecular weight is 374 g/mol. The number of hydrogen-bond acceptors (Lipinski definition) is 6. The Hall–Kier alpha value is -2.75. The molecule has 2 aliphatic rings. The Bertz CT molecular complexity index is 923. The number of piperidine rings is 1. The lowest BCUT2D eigenvalue weighted by Gasteiger charge is -2.42. The van der Waals surface area contributed by atoms with E-state index in [9.17, 15) is 14.4 Å². The van der Waals surface area contributed by atoms with Gasteiger partial charge in [0.05, 0.1) is 0 Å². The highest BCUT2D eigenvalue weighted by Gasteiger charge is 2.36. The number of likely N-dealkylation sites (tertiary alicyclic amines) is 1. The molecule has 2 bridgehead atoms. The molecule has 0 spiro atoms. The summed E-state index contributed by atoms with van der Waals surface area (Å²) in [6, 6.07) is 5.03. The van der Waals surface area contributed by atoms with Crippen molar-refractivity contribution in [2.45, 2.75) is 18.9 Å². The van der Waals surface area contributed by atoms with Crippen molar-refractivity contribution in [1.29, 1.82) is 0 Å². The molecule has 1 saturated heterocycles. The van der Waals surface area contributed by atoms with Crippen molar-refractivity contribution < 1.29 is 9.59 Å². The number of carbonyl (C=O) groups is 2. The molecule has 0 unspecified atom stereocenters. The summed E-state index contributed by atoms with van der Waals surface area (Å²) in [6.45, 7) is 1.73. The molecule has 0 aromatic carbocycles. The number of carbonyl (C=O) groups excluding carboxylic acids is 2. The summed E-state index contributed by atoms with van der Waals surface area (Å²) in [6.07, 6.45) is 0.971. The van der Waals surface area contributed by atoms with E-state index in [0.717, 1.165) is 23.6 Å². The van der Waals surface area contributed by atoms with Crippen LogP contribution in [0.15, 0.2) is 23.0 Å². The minimum absolute atomic E-state index is 0.0149. The van der Waals surface area contributed by atoms with Crippen molar-refractivity contribution in [1.82, 2.24) is 24.4 Å². The first kappa shape index (κ1) is 16.7. The molecule has 26 heavy (non-hydrogen) atoms. The van der Waals surface area contributed by atoms with Gasteiger partial charge in [0.1, 0.15) is 0 Å². The van der Waals surface area contributed by atoms with E-state index in [1.807, 2.05) is 10.6 Å². The quantitative estimate of drug-likeness (QED) is 0.805. The molecule has 1 fully saturated rings. The van der Waals surface area contributed by atoms with Crippen LogP contribution in [0.1, 0.15) is 28.5 Å². The summed E-state index contributed by atoms with van der Waals surface area (Å²) >= 11 is 0.971. The van der Waals surface area contributed by atoms with E-state index in [-0.39, 0.29) is 29.1 Å². The Morgan fingerprint density at radius 1 is 1.27 bits per heavy atom. The summed E-state index contributed by atoms with van der Waals surface area (Å²) in [5.41, 5.74) is 1.11. The first-order valence-corrected chi connectivity index (χ1v) is 9.14. The molecule has 0 aliphatic carbocycles. The fraction of sp³-hybridized carbons (Fsp3) is 0.438. The van der Waals surface area contributed by atoms with Crippen LogP contribution in [0.3, 0.4) is 0 Å². The van der Waals surface area contributed by atoms with E-state index in [1.165, 1.54) is 7.05 Å². The zero-order valence-corrected chi connectivity index (χ0v) is 15.0. The van der Waals surface area contributed by atoms with E-state index < -0.39 is 5.91 Å². The third-order valence-corrected chi connectivity index (χ3v) is 5.56. The van der Waals surface area contributed by atoms with Crippen LogP contribution in [0.4, 0.5) is 9.80 Å². The topological polar surface area (TPSA) is 109 Å². The minimum atomic E-state index is -0.391. The summed E-state index contributed by atoms with van der Waals surface area (Å²) in [5.74, 6) is -0.0110. The Kier molecular flexibility index (Phi) is 4.19. The summed E-state index contributed by atoms with van der Waals surface area (Å²) in [5, 5.41) is 9.33. The smallest absolute Gasteiger partial charge is 0.322 e. The molecule has 10 heteroatoms. The SMILES string of the molecule is CNC(=O)c1nnsc1NC(=O)N1C[C@H]2C[C@H](C1)c1cccc(=O)n1C2. The van der Waals surface area contributed by atoms with Gasteiger partial charge in [0.2, 0.25) is 0 Å². The molecule has 4 rings (SSSR count). The lowest BCUT2D eigenvalue weighted by Crippen LogP contribution is -2.50. The van der Waals surface area contributed by atoms with E-state index >= 15 is 0 Å². The van der Waals surface area contributed by atoms with Gasteiger partial charge in [0, 0.05) is 55.9 Å². The lowest BCUT2D eigenvalue weighted by molar-refractivity contribution is 0.0959. The standard InChI is InChI=1S/C16H18N6O3S/c1-17-14(24)13-15(26-20-19-13)18-16(25)21-6-9-5-10(8-21)11-3-2-4-12(23)22(11)7-9/h2-4,9-10H,5-8H2,1H3,(H,17,24)(H,18,25)/t9-,10-/m1/s1. The Labute approximate surface area is 153 Å². The second-order valence-corrected chi connectivity index (χ2v) is 7.32. The molecule has 2 aromatic heterocycles. The number of rotatable bonds is 2. The molecule has 2 aromatic rings. The molecule has 0 saturated carbocycles. The van der Waals surface area contributed by atoms with Gasteiger partial charge in [-0.15, -0.1) is 5.10 Å². The number of nitrogens with one attached hydrogen (secondary N) is 2. The predicted molar refractivity (Wildman–Crippen MR) is 95.4 cm³/mol. The first-order chi connectivity index (χ1) is 12.6. The normalized spacial score (nSPS) is 21.0. The van der Waals surface area contributed by atoms with Crippen LogP contribution in [0.2, 0.25) is 0 Å². The average Bonchev–Trinajstić information content (AvgIpc) is 3.10.